The number of halogens is 1. The summed E-state index contributed by atoms with van der Waals surface area (Å²) >= 11 is 3.31. The average molecular weight is 508 g/mol. The van der Waals surface area contributed by atoms with Crippen LogP contribution in [0.15, 0.2) is 52.2 Å². The number of carbonyl (C=O) groups excluding carboxylic acids is 1. The van der Waals surface area contributed by atoms with Crippen molar-refractivity contribution in [2.75, 3.05) is 37.6 Å². The molecule has 9 nitrogen and oxygen atoms in total. The van der Waals surface area contributed by atoms with Gasteiger partial charge in [-0.25, -0.2) is 18.4 Å². The summed E-state index contributed by atoms with van der Waals surface area (Å²) in [7, 11) is -3.77. The number of carbonyl (C=O) groups is 1. The molecule has 3 aliphatic heterocycles. The van der Waals surface area contributed by atoms with E-state index >= 15 is 0 Å². The van der Waals surface area contributed by atoms with E-state index in [1.807, 2.05) is 6.07 Å². The van der Waals surface area contributed by atoms with Crippen LogP contribution in [0.4, 0.5) is 5.82 Å². The van der Waals surface area contributed by atoms with Gasteiger partial charge in [0.2, 0.25) is 15.9 Å². The molecule has 164 valence electrons. The van der Waals surface area contributed by atoms with Gasteiger partial charge in [-0.2, -0.15) is 4.31 Å². The minimum Gasteiger partial charge on any atom is -0.356 e. The Morgan fingerprint density at radius 2 is 1.87 bits per heavy atom. The molecule has 1 atom stereocenters. The quantitative estimate of drug-likeness (QED) is 0.620. The molecule has 1 aromatic heterocycles. The number of piperazine rings is 1. The van der Waals surface area contributed by atoms with E-state index < -0.39 is 21.9 Å². The second-order valence-corrected chi connectivity index (χ2v) is 10.9. The summed E-state index contributed by atoms with van der Waals surface area (Å²) in [4.78, 5) is 25.2. The number of ether oxygens (including phenoxy) is 1. The van der Waals surface area contributed by atoms with Crippen LogP contribution in [-0.4, -0.2) is 78.1 Å². The molecule has 31 heavy (non-hydrogen) atoms. The molecular formula is C20H22BrN5O4S. The van der Waals surface area contributed by atoms with E-state index in [1.54, 1.807) is 23.2 Å². The van der Waals surface area contributed by atoms with E-state index in [0.717, 1.165) is 36.2 Å². The Labute approximate surface area is 189 Å². The lowest BCUT2D eigenvalue weighted by Gasteiger charge is -2.38. The molecule has 1 spiro atoms. The van der Waals surface area contributed by atoms with Crippen molar-refractivity contribution in [1.29, 1.82) is 0 Å². The summed E-state index contributed by atoms with van der Waals surface area (Å²) in [5, 5.41) is 0. The van der Waals surface area contributed by atoms with E-state index in [1.165, 1.54) is 22.8 Å². The molecule has 2 aromatic rings. The molecule has 3 saturated heterocycles. The molecular weight excluding hydrogens is 486 g/mol. The van der Waals surface area contributed by atoms with Crippen LogP contribution in [0.1, 0.15) is 12.8 Å². The number of sulfonamides is 1. The zero-order valence-corrected chi connectivity index (χ0v) is 19.1. The predicted octanol–water partition coefficient (Wildman–Crippen LogP) is 1.47. The van der Waals surface area contributed by atoms with Gasteiger partial charge >= 0.3 is 0 Å². The number of piperidine rings is 1. The molecule has 1 amide bonds. The minimum absolute atomic E-state index is 0.140. The lowest BCUT2D eigenvalue weighted by Crippen LogP contribution is -2.55. The maximum absolute atomic E-state index is 13.1. The Bertz CT molecular complexity index is 1070. The Hall–Kier alpha value is -2.08. The van der Waals surface area contributed by atoms with Gasteiger partial charge in [0, 0.05) is 23.8 Å². The molecule has 1 aromatic carbocycles. The van der Waals surface area contributed by atoms with Crippen molar-refractivity contribution in [2.45, 2.75) is 29.6 Å². The smallest absolute Gasteiger partial charge is 0.243 e. The summed E-state index contributed by atoms with van der Waals surface area (Å²) < 4.78 is 34.5. The molecule has 1 unspecified atom stereocenters. The van der Waals surface area contributed by atoms with Crippen LogP contribution < -0.4 is 4.90 Å². The van der Waals surface area contributed by atoms with Crippen LogP contribution in [0.5, 0.6) is 0 Å². The molecule has 0 N–H and O–H groups in total. The van der Waals surface area contributed by atoms with E-state index in [2.05, 4.69) is 30.8 Å². The molecule has 0 aliphatic carbocycles. The molecule has 0 saturated carbocycles. The first kappa shape index (κ1) is 20.8. The fraction of sp³-hybridized carbons (Fsp3) is 0.450. The summed E-state index contributed by atoms with van der Waals surface area (Å²) in [6.07, 6.45) is 4.19. The summed E-state index contributed by atoms with van der Waals surface area (Å²) in [5.74, 6) is 0.662. The lowest BCUT2D eigenvalue weighted by atomic mass is 9.91. The van der Waals surface area contributed by atoms with Crippen molar-refractivity contribution in [3.63, 3.8) is 0 Å². The molecule has 0 bridgehead atoms. The van der Waals surface area contributed by atoms with Crippen molar-refractivity contribution in [3.8, 4) is 0 Å². The standard InChI is InChI=1S/C20H22BrN5O4S/c21-15-1-3-16(4-2-15)31(28,29)25-11-18(27)26-13-20(30-19(26)12-25)6-9-24(10-7-20)17-5-8-22-14-23-17/h1-5,8,14,19H,6-7,9-13H2. The van der Waals surface area contributed by atoms with Gasteiger partial charge in [-0.15, -0.1) is 0 Å². The normalized spacial score (nSPS) is 23.9. The fourth-order valence-electron chi connectivity index (χ4n) is 4.50. The first-order chi connectivity index (χ1) is 14.9. The molecule has 4 heterocycles. The second-order valence-electron chi connectivity index (χ2n) is 8.08. The zero-order chi connectivity index (χ0) is 21.6. The molecule has 0 radical (unpaired) electrons. The predicted molar refractivity (Wildman–Crippen MR) is 116 cm³/mol. The van der Waals surface area contributed by atoms with Gasteiger partial charge < -0.3 is 14.5 Å². The van der Waals surface area contributed by atoms with Crippen molar-refractivity contribution in [3.05, 3.63) is 47.3 Å². The highest BCUT2D eigenvalue weighted by atomic mass is 79.9. The zero-order valence-electron chi connectivity index (χ0n) is 16.7. The lowest BCUT2D eigenvalue weighted by molar-refractivity contribution is -0.144. The number of amides is 1. The van der Waals surface area contributed by atoms with E-state index in [9.17, 15) is 13.2 Å². The average Bonchev–Trinajstić information content (AvgIpc) is 3.13. The van der Waals surface area contributed by atoms with Crippen LogP contribution >= 0.6 is 15.9 Å². The molecule has 11 heteroatoms. The van der Waals surface area contributed by atoms with Crippen LogP contribution in [0, 0.1) is 0 Å². The summed E-state index contributed by atoms with van der Waals surface area (Å²) in [5.41, 5.74) is -0.443. The van der Waals surface area contributed by atoms with Crippen molar-refractivity contribution in [1.82, 2.24) is 19.2 Å². The van der Waals surface area contributed by atoms with Crippen LogP contribution in [0.25, 0.3) is 0 Å². The van der Waals surface area contributed by atoms with Crippen LogP contribution in [-0.2, 0) is 19.6 Å². The highest BCUT2D eigenvalue weighted by molar-refractivity contribution is 9.10. The van der Waals surface area contributed by atoms with Crippen molar-refractivity contribution >= 4 is 37.7 Å². The minimum atomic E-state index is -3.77. The first-order valence-electron chi connectivity index (χ1n) is 10.1. The van der Waals surface area contributed by atoms with Crippen LogP contribution in [0.3, 0.4) is 0 Å². The topological polar surface area (TPSA) is 95.9 Å². The molecule has 3 fully saturated rings. The third kappa shape index (κ3) is 3.84. The molecule has 5 rings (SSSR count). The van der Waals surface area contributed by atoms with Gasteiger partial charge in [-0.3, -0.25) is 4.79 Å². The summed E-state index contributed by atoms with van der Waals surface area (Å²) in [6.45, 7) is 1.99. The van der Waals surface area contributed by atoms with E-state index in [0.29, 0.717) is 6.54 Å². The number of rotatable bonds is 3. The third-order valence-corrected chi connectivity index (χ3v) is 8.55. The number of hydrogen-bond donors (Lipinski definition) is 0. The van der Waals surface area contributed by atoms with Crippen molar-refractivity contribution in [2.24, 2.45) is 0 Å². The summed E-state index contributed by atoms with van der Waals surface area (Å²) in [6, 6.07) is 8.31. The van der Waals surface area contributed by atoms with E-state index in [-0.39, 0.29) is 23.9 Å². The van der Waals surface area contributed by atoms with Gasteiger partial charge in [0.15, 0.2) is 0 Å². The van der Waals surface area contributed by atoms with Gasteiger partial charge in [-0.1, -0.05) is 15.9 Å². The van der Waals surface area contributed by atoms with E-state index in [4.69, 9.17) is 4.74 Å². The largest absolute Gasteiger partial charge is 0.356 e. The Kier molecular flexibility index (Phi) is 5.24. The maximum atomic E-state index is 13.1. The van der Waals surface area contributed by atoms with Crippen molar-refractivity contribution < 1.29 is 17.9 Å². The maximum Gasteiger partial charge on any atom is 0.243 e. The van der Waals surface area contributed by atoms with Crippen LogP contribution in [0.2, 0.25) is 0 Å². The molecule has 3 aliphatic rings. The highest BCUT2D eigenvalue weighted by Gasteiger charge is 2.52. The number of aromatic nitrogens is 2. The fourth-order valence-corrected chi connectivity index (χ4v) is 6.14. The van der Waals surface area contributed by atoms with Gasteiger partial charge in [0.05, 0.1) is 30.1 Å². The number of fused-ring (bicyclic) bond motifs is 1. The van der Waals surface area contributed by atoms with Gasteiger partial charge in [0.1, 0.15) is 18.4 Å². The Morgan fingerprint density at radius 1 is 1.13 bits per heavy atom. The van der Waals surface area contributed by atoms with Gasteiger partial charge in [0.25, 0.3) is 0 Å². The van der Waals surface area contributed by atoms with Gasteiger partial charge in [-0.05, 0) is 43.2 Å². The monoisotopic (exact) mass is 507 g/mol. The number of anilines is 1. The number of hydrogen-bond acceptors (Lipinski definition) is 7. The third-order valence-electron chi connectivity index (χ3n) is 6.20. The Balaban J connectivity index is 1.29. The number of benzene rings is 1. The SMILES string of the molecule is O=C1CN(S(=O)(=O)c2ccc(Br)cc2)CC2OC3(CCN(c4ccncn4)CC3)CN12. The highest BCUT2D eigenvalue weighted by Crippen LogP contribution is 2.38. The first-order valence-corrected chi connectivity index (χ1v) is 12.3. The Morgan fingerprint density at radius 3 is 2.55 bits per heavy atom. The number of nitrogens with zero attached hydrogens (tertiary/aromatic N) is 5. The second kappa shape index (κ2) is 7.80.